The number of rotatable bonds is 2. The highest BCUT2D eigenvalue weighted by Crippen LogP contribution is 2.50. The number of carbonyl (C=O) groups is 2. The Kier molecular flexibility index (Phi) is 3.46. The van der Waals surface area contributed by atoms with Gasteiger partial charge in [0.1, 0.15) is 0 Å². The van der Waals surface area contributed by atoms with Crippen molar-refractivity contribution < 1.29 is 19.1 Å². The Morgan fingerprint density at radius 3 is 2.48 bits per heavy atom. The number of Topliss-reactive ketones (excluding diaryl/α,β-unsaturated/α-hetero) is 2. The van der Waals surface area contributed by atoms with Crippen LogP contribution in [0.15, 0.2) is 18.2 Å². The minimum Gasteiger partial charge on any atom is -0.454 e. The van der Waals surface area contributed by atoms with Crippen molar-refractivity contribution >= 4 is 11.6 Å². The molecule has 1 aliphatic carbocycles. The second-order valence-corrected chi connectivity index (χ2v) is 7.67. The van der Waals surface area contributed by atoms with Crippen molar-refractivity contribution in [1.82, 2.24) is 4.90 Å². The molecule has 2 aromatic carbocycles. The van der Waals surface area contributed by atoms with Crippen LogP contribution >= 0.6 is 0 Å². The quantitative estimate of drug-likeness (QED) is 0.764. The van der Waals surface area contributed by atoms with Crippen molar-refractivity contribution in [3.05, 3.63) is 46.0 Å². The van der Waals surface area contributed by atoms with Crippen LogP contribution in [0.3, 0.4) is 0 Å². The third-order valence-corrected chi connectivity index (χ3v) is 6.06. The van der Waals surface area contributed by atoms with E-state index >= 15 is 0 Å². The largest absolute Gasteiger partial charge is 0.454 e. The highest BCUT2D eigenvalue weighted by Gasteiger charge is 2.37. The van der Waals surface area contributed by atoms with Gasteiger partial charge in [-0.2, -0.15) is 0 Å². The maximum Gasteiger partial charge on any atom is 0.231 e. The average molecular weight is 363 g/mol. The van der Waals surface area contributed by atoms with Crippen LogP contribution in [0.5, 0.6) is 11.5 Å². The maximum absolute atomic E-state index is 12.7. The summed E-state index contributed by atoms with van der Waals surface area (Å²) < 4.78 is 11.2. The van der Waals surface area contributed by atoms with Gasteiger partial charge < -0.3 is 9.47 Å². The fourth-order valence-corrected chi connectivity index (χ4v) is 4.79. The molecule has 0 spiro atoms. The highest BCUT2D eigenvalue weighted by molar-refractivity contribution is 6.12. The third kappa shape index (κ3) is 2.28. The van der Waals surface area contributed by atoms with Gasteiger partial charge in [0.05, 0.1) is 0 Å². The van der Waals surface area contributed by atoms with Gasteiger partial charge >= 0.3 is 0 Å². The lowest BCUT2D eigenvalue weighted by Gasteiger charge is -2.41. The molecule has 0 saturated heterocycles. The van der Waals surface area contributed by atoms with Crippen LogP contribution in [0.4, 0.5) is 0 Å². The van der Waals surface area contributed by atoms with Crippen LogP contribution in [0.2, 0.25) is 0 Å². The van der Waals surface area contributed by atoms with E-state index in [4.69, 9.17) is 9.47 Å². The second-order valence-electron chi connectivity index (χ2n) is 7.67. The van der Waals surface area contributed by atoms with Gasteiger partial charge in [-0.1, -0.05) is 0 Å². The molecule has 2 aliphatic heterocycles. The first kappa shape index (κ1) is 16.5. The standard InChI is InChI=1S/C22H21NO4/c1-11(24)15-6-13-4-5-23(3)17-7-14-8-18-19(27-10-26-18)9-16(14)22(21(13)17)20(15)12(2)25/h6,8-9,17H,4-5,7,10H2,1-3H3/t17-/m1/s1. The molecule has 0 saturated carbocycles. The molecule has 0 unspecified atom stereocenters. The van der Waals surface area contributed by atoms with Gasteiger partial charge in [0.2, 0.25) is 6.79 Å². The van der Waals surface area contributed by atoms with Crippen molar-refractivity contribution in [3.8, 4) is 22.6 Å². The minimum absolute atomic E-state index is 0.0670. The predicted molar refractivity (Wildman–Crippen MR) is 101 cm³/mol. The van der Waals surface area contributed by atoms with E-state index in [0.717, 1.165) is 41.8 Å². The lowest BCUT2D eigenvalue weighted by atomic mass is 9.73. The summed E-state index contributed by atoms with van der Waals surface area (Å²) >= 11 is 0. The molecule has 3 aliphatic rings. The zero-order valence-corrected chi connectivity index (χ0v) is 15.7. The van der Waals surface area contributed by atoms with Crippen LogP contribution in [0.25, 0.3) is 11.1 Å². The third-order valence-electron chi connectivity index (χ3n) is 6.06. The lowest BCUT2D eigenvalue weighted by Crippen LogP contribution is -2.36. The number of ether oxygens (including phenoxy) is 2. The fourth-order valence-electron chi connectivity index (χ4n) is 4.79. The molecule has 138 valence electrons. The van der Waals surface area contributed by atoms with E-state index in [1.54, 1.807) is 6.92 Å². The Hall–Kier alpha value is -2.66. The monoisotopic (exact) mass is 363 g/mol. The summed E-state index contributed by atoms with van der Waals surface area (Å²) in [6, 6.07) is 6.17. The van der Waals surface area contributed by atoms with Crippen molar-refractivity contribution in [2.75, 3.05) is 20.4 Å². The highest BCUT2D eigenvalue weighted by atomic mass is 16.7. The molecule has 0 aromatic heterocycles. The number of nitrogens with zero attached hydrogens (tertiary/aromatic N) is 1. The zero-order valence-electron chi connectivity index (χ0n) is 15.7. The van der Waals surface area contributed by atoms with E-state index in [0.29, 0.717) is 16.9 Å². The van der Waals surface area contributed by atoms with Crippen LogP contribution in [-0.2, 0) is 12.8 Å². The Bertz CT molecular complexity index is 1020. The van der Waals surface area contributed by atoms with Gasteiger partial charge in [-0.25, -0.2) is 0 Å². The van der Waals surface area contributed by atoms with Crippen LogP contribution in [0.1, 0.15) is 57.3 Å². The number of ketones is 2. The summed E-state index contributed by atoms with van der Waals surface area (Å²) in [6.07, 6.45) is 1.74. The predicted octanol–water partition coefficient (Wildman–Crippen LogP) is 3.57. The molecule has 0 radical (unpaired) electrons. The van der Waals surface area contributed by atoms with Crippen molar-refractivity contribution in [2.24, 2.45) is 0 Å². The first-order chi connectivity index (χ1) is 13.0. The van der Waals surface area contributed by atoms with E-state index in [1.807, 2.05) is 18.2 Å². The Labute approximate surface area is 157 Å². The summed E-state index contributed by atoms with van der Waals surface area (Å²) in [4.78, 5) is 27.4. The average Bonchev–Trinajstić information content (AvgIpc) is 3.09. The van der Waals surface area contributed by atoms with Crippen molar-refractivity contribution in [2.45, 2.75) is 32.7 Å². The summed E-state index contributed by atoms with van der Waals surface area (Å²) in [5.41, 5.74) is 6.51. The lowest BCUT2D eigenvalue weighted by molar-refractivity contribution is 0.0980. The van der Waals surface area contributed by atoms with Gasteiger partial charge in [-0.3, -0.25) is 14.5 Å². The smallest absolute Gasteiger partial charge is 0.231 e. The number of hydrogen-bond acceptors (Lipinski definition) is 5. The normalized spacial score (nSPS) is 19.4. The van der Waals surface area contributed by atoms with Crippen molar-refractivity contribution in [1.29, 1.82) is 0 Å². The first-order valence-electron chi connectivity index (χ1n) is 9.30. The molecule has 27 heavy (non-hydrogen) atoms. The number of carbonyl (C=O) groups excluding carboxylic acids is 2. The maximum atomic E-state index is 12.7. The molecule has 0 amide bonds. The summed E-state index contributed by atoms with van der Waals surface area (Å²) in [5, 5.41) is 0. The Morgan fingerprint density at radius 2 is 1.78 bits per heavy atom. The van der Waals surface area contributed by atoms with E-state index in [1.165, 1.54) is 18.1 Å². The fraction of sp³-hybridized carbons (Fsp3) is 0.364. The number of hydrogen-bond donors (Lipinski definition) is 0. The number of benzene rings is 2. The second kappa shape index (κ2) is 5.67. The molecule has 0 N–H and O–H groups in total. The molecular weight excluding hydrogens is 342 g/mol. The Morgan fingerprint density at radius 1 is 1.04 bits per heavy atom. The van der Waals surface area contributed by atoms with Crippen LogP contribution < -0.4 is 9.47 Å². The minimum atomic E-state index is -0.0736. The van der Waals surface area contributed by atoms with E-state index in [2.05, 4.69) is 11.9 Å². The summed E-state index contributed by atoms with van der Waals surface area (Å²) in [7, 11) is 2.13. The number of fused-ring (bicyclic) bond motifs is 3. The SMILES string of the molecule is CC(=O)c1cc2c3c(c1C(C)=O)-c1cc4c(cc1C[C@H]3N(C)CC2)OCO4. The van der Waals surface area contributed by atoms with E-state index in [9.17, 15) is 9.59 Å². The van der Waals surface area contributed by atoms with Gasteiger partial charge in [-0.05, 0) is 79.8 Å². The Balaban J connectivity index is 1.90. The summed E-state index contributed by atoms with van der Waals surface area (Å²) in [6.45, 7) is 4.24. The molecule has 1 atom stereocenters. The van der Waals surface area contributed by atoms with Crippen LogP contribution in [0, 0.1) is 0 Å². The molecule has 5 heteroatoms. The van der Waals surface area contributed by atoms with Crippen LogP contribution in [-0.4, -0.2) is 36.9 Å². The topological polar surface area (TPSA) is 55.8 Å². The van der Waals surface area contributed by atoms with E-state index < -0.39 is 0 Å². The van der Waals surface area contributed by atoms with E-state index in [-0.39, 0.29) is 24.4 Å². The van der Waals surface area contributed by atoms with Crippen molar-refractivity contribution in [3.63, 3.8) is 0 Å². The first-order valence-corrected chi connectivity index (χ1v) is 9.30. The number of likely N-dealkylation sites (N-methyl/N-ethyl adjacent to an activating group) is 1. The molecule has 2 heterocycles. The molecular formula is C22H21NO4. The molecule has 2 aromatic rings. The molecule has 0 bridgehead atoms. The van der Waals surface area contributed by atoms with Gasteiger partial charge in [0, 0.05) is 23.7 Å². The summed E-state index contributed by atoms with van der Waals surface area (Å²) in [5.74, 6) is 1.31. The van der Waals surface area contributed by atoms with Gasteiger partial charge in [-0.15, -0.1) is 0 Å². The van der Waals surface area contributed by atoms with Gasteiger partial charge in [0.25, 0.3) is 0 Å². The van der Waals surface area contributed by atoms with Gasteiger partial charge in [0.15, 0.2) is 23.1 Å². The molecule has 5 rings (SSSR count). The molecule has 0 fully saturated rings. The molecule has 5 nitrogen and oxygen atoms in total. The zero-order chi connectivity index (χ0) is 18.9.